The van der Waals surface area contributed by atoms with Crippen molar-refractivity contribution in [3.8, 4) is 17.0 Å². The minimum absolute atomic E-state index is 0.0781. The summed E-state index contributed by atoms with van der Waals surface area (Å²) in [5.74, 6) is 1.63. The molecule has 0 radical (unpaired) electrons. The van der Waals surface area contributed by atoms with Gasteiger partial charge in [-0.3, -0.25) is 4.98 Å². The van der Waals surface area contributed by atoms with E-state index in [0.29, 0.717) is 0 Å². The number of aromatic nitrogens is 2. The zero-order chi connectivity index (χ0) is 19.9. The van der Waals surface area contributed by atoms with E-state index in [1.165, 1.54) is 0 Å². The molecule has 0 spiro atoms. The van der Waals surface area contributed by atoms with Gasteiger partial charge in [-0.1, -0.05) is 13.3 Å². The van der Waals surface area contributed by atoms with Crippen LogP contribution in [0.2, 0.25) is 0 Å². The van der Waals surface area contributed by atoms with E-state index in [4.69, 9.17) is 14.7 Å². The van der Waals surface area contributed by atoms with Crippen molar-refractivity contribution in [3.63, 3.8) is 0 Å². The molecule has 6 nitrogen and oxygen atoms in total. The van der Waals surface area contributed by atoms with Crippen molar-refractivity contribution in [1.29, 1.82) is 0 Å². The molecule has 1 atom stereocenters. The fraction of sp³-hybridized carbons (Fsp3) is 0.545. The van der Waals surface area contributed by atoms with Gasteiger partial charge in [-0.15, -0.1) is 0 Å². The molecule has 1 aliphatic heterocycles. The van der Waals surface area contributed by atoms with Crippen molar-refractivity contribution in [2.24, 2.45) is 5.92 Å². The van der Waals surface area contributed by atoms with Crippen LogP contribution in [0.1, 0.15) is 44.7 Å². The standard InChI is InChI=1S/C22H31N3O3/c1-3-4-7-18-15-23-20(16-8-10-19(28-2)11-9-16)21(24-18)25-13-5-6-17(12-14-25)22(26)27/h8-11,15,17,22,26-27H,3-7,12-14H2,1-2H3. The number of nitrogens with zero attached hydrogens (tertiary/aromatic N) is 3. The number of aliphatic hydroxyl groups excluding tert-OH is 1. The number of unbranched alkanes of at least 4 members (excludes halogenated alkanes) is 1. The topological polar surface area (TPSA) is 78.7 Å². The van der Waals surface area contributed by atoms with E-state index in [0.717, 1.165) is 80.1 Å². The van der Waals surface area contributed by atoms with E-state index in [9.17, 15) is 10.2 Å². The van der Waals surface area contributed by atoms with Gasteiger partial charge in [0.15, 0.2) is 12.1 Å². The summed E-state index contributed by atoms with van der Waals surface area (Å²) in [6.07, 6.45) is 6.23. The molecule has 3 rings (SSSR count). The Morgan fingerprint density at radius 3 is 2.64 bits per heavy atom. The number of hydrogen-bond acceptors (Lipinski definition) is 6. The van der Waals surface area contributed by atoms with Crippen LogP contribution in [0, 0.1) is 5.92 Å². The molecule has 28 heavy (non-hydrogen) atoms. The van der Waals surface area contributed by atoms with E-state index < -0.39 is 6.29 Å². The average Bonchev–Trinajstić information content (AvgIpc) is 2.98. The number of ether oxygens (including phenoxy) is 1. The summed E-state index contributed by atoms with van der Waals surface area (Å²) < 4.78 is 5.27. The molecule has 2 heterocycles. The smallest absolute Gasteiger partial charge is 0.155 e. The van der Waals surface area contributed by atoms with Gasteiger partial charge in [-0.05, 0) is 56.4 Å². The molecule has 1 aromatic heterocycles. The van der Waals surface area contributed by atoms with E-state index in [-0.39, 0.29) is 5.92 Å². The fourth-order valence-electron chi connectivity index (χ4n) is 3.70. The zero-order valence-corrected chi connectivity index (χ0v) is 16.8. The molecule has 152 valence electrons. The maximum absolute atomic E-state index is 9.58. The van der Waals surface area contributed by atoms with Crippen molar-refractivity contribution < 1.29 is 14.9 Å². The quantitative estimate of drug-likeness (QED) is 0.711. The molecule has 2 aromatic rings. The zero-order valence-electron chi connectivity index (χ0n) is 16.8. The molecule has 0 saturated carbocycles. The molecular formula is C22H31N3O3. The maximum atomic E-state index is 9.58. The monoisotopic (exact) mass is 385 g/mol. The van der Waals surface area contributed by atoms with Gasteiger partial charge in [-0.2, -0.15) is 0 Å². The molecular weight excluding hydrogens is 354 g/mol. The molecule has 1 unspecified atom stereocenters. The van der Waals surface area contributed by atoms with Gasteiger partial charge < -0.3 is 19.8 Å². The number of hydrogen-bond donors (Lipinski definition) is 2. The van der Waals surface area contributed by atoms with E-state index >= 15 is 0 Å². The molecule has 1 fully saturated rings. The highest BCUT2D eigenvalue weighted by Gasteiger charge is 2.24. The molecule has 6 heteroatoms. The summed E-state index contributed by atoms with van der Waals surface area (Å²) in [7, 11) is 1.66. The van der Waals surface area contributed by atoms with Crippen LogP contribution >= 0.6 is 0 Å². The second kappa shape index (κ2) is 9.85. The Bertz CT molecular complexity index is 749. The van der Waals surface area contributed by atoms with Crippen molar-refractivity contribution in [2.75, 3.05) is 25.1 Å². The first-order valence-corrected chi connectivity index (χ1v) is 10.2. The number of aliphatic hydroxyl groups is 2. The van der Waals surface area contributed by atoms with Crippen molar-refractivity contribution in [3.05, 3.63) is 36.2 Å². The number of benzene rings is 1. The van der Waals surface area contributed by atoms with Gasteiger partial charge in [0.2, 0.25) is 0 Å². The Morgan fingerprint density at radius 1 is 1.18 bits per heavy atom. The van der Waals surface area contributed by atoms with E-state index in [1.54, 1.807) is 7.11 Å². The van der Waals surface area contributed by atoms with E-state index in [2.05, 4.69) is 11.8 Å². The van der Waals surface area contributed by atoms with Crippen LogP contribution in [-0.2, 0) is 6.42 Å². The molecule has 0 amide bonds. The number of methoxy groups -OCH3 is 1. The van der Waals surface area contributed by atoms with Crippen LogP contribution in [-0.4, -0.2) is 46.7 Å². The third-order valence-corrected chi connectivity index (χ3v) is 5.45. The first-order valence-electron chi connectivity index (χ1n) is 10.2. The fourth-order valence-corrected chi connectivity index (χ4v) is 3.70. The van der Waals surface area contributed by atoms with Crippen LogP contribution < -0.4 is 9.64 Å². The third-order valence-electron chi connectivity index (χ3n) is 5.45. The molecule has 0 bridgehead atoms. The summed E-state index contributed by atoms with van der Waals surface area (Å²) in [6, 6.07) is 7.89. The van der Waals surface area contributed by atoms with Gasteiger partial charge in [0.1, 0.15) is 11.4 Å². The third kappa shape index (κ3) is 5.00. The highest BCUT2D eigenvalue weighted by atomic mass is 16.5. The summed E-state index contributed by atoms with van der Waals surface area (Å²) in [5, 5.41) is 19.2. The summed E-state index contributed by atoms with van der Waals surface area (Å²) in [5.41, 5.74) is 2.89. The second-order valence-corrected chi connectivity index (χ2v) is 7.46. The maximum Gasteiger partial charge on any atom is 0.155 e. The molecule has 1 aromatic carbocycles. The Morgan fingerprint density at radius 2 is 1.96 bits per heavy atom. The Labute approximate surface area is 167 Å². The minimum atomic E-state index is -1.25. The van der Waals surface area contributed by atoms with Gasteiger partial charge in [0.25, 0.3) is 0 Å². The summed E-state index contributed by atoms with van der Waals surface area (Å²) in [6.45, 7) is 3.77. The predicted octanol–water partition coefficient (Wildman–Crippen LogP) is 3.41. The van der Waals surface area contributed by atoms with Crippen LogP contribution in [0.25, 0.3) is 11.3 Å². The van der Waals surface area contributed by atoms with Crippen molar-refractivity contribution in [1.82, 2.24) is 9.97 Å². The van der Waals surface area contributed by atoms with Crippen LogP contribution in [0.4, 0.5) is 5.82 Å². The van der Waals surface area contributed by atoms with Gasteiger partial charge >= 0.3 is 0 Å². The Balaban J connectivity index is 1.92. The lowest BCUT2D eigenvalue weighted by Crippen LogP contribution is -2.27. The highest BCUT2D eigenvalue weighted by molar-refractivity contribution is 5.72. The first-order chi connectivity index (χ1) is 13.6. The second-order valence-electron chi connectivity index (χ2n) is 7.46. The van der Waals surface area contributed by atoms with Crippen molar-refractivity contribution in [2.45, 2.75) is 51.7 Å². The largest absolute Gasteiger partial charge is 0.497 e. The van der Waals surface area contributed by atoms with E-state index in [1.807, 2.05) is 30.5 Å². The Kier molecular flexibility index (Phi) is 7.23. The highest BCUT2D eigenvalue weighted by Crippen LogP contribution is 2.31. The lowest BCUT2D eigenvalue weighted by molar-refractivity contribution is -0.0863. The number of aryl methyl sites for hydroxylation is 1. The summed E-state index contributed by atoms with van der Waals surface area (Å²) >= 11 is 0. The first kappa shape index (κ1) is 20.6. The lowest BCUT2D eigenvalue weighted by Gasteiger charge is -2.25. The normalized spacial score (nSPS) is 17.6. The average molecular weight is 386 g/mol. The van der Waals surface area contributed by atoms with Gasteiger partial charge in [0.05, 0.1) is 12.8 Å². The number of rotatable bonds is 7. The van der Waals surface area contributed by atoms with Crippen LogP contribution in [0.3, 0.4) is 0 Å². The molecule has 0 aliphatic carbocycles. The predicted molar refractivity (Wildman–Crippen MR) is 110 cm³/mol. The van der Waals surface area contributed by atoms with Gasteiger partial charge in [0, 0.05) is 30.8 Å². The SMILES string of the molecule is CCCCc1cnc(-c2ccc(OC)cc2)c(N2CCCC(C(O)O)CC2)n1. The lowest BCUT2D eigenvalue weighted by atomic mass is 10.0. The van der Waals surface area contributed by atoms with Crippen molar-refractivity contribution >= 4 is 5.82 Å². The minimum Gasteiger partial charge on any atom is -0.497 e. The molecule has 2 N–H and O–H groups in total. The summed E-state index contributed by atoms with van der Waals surface area (Å²) in [4.78, 5) is 12.0. The number of anilines is 1. The Hall–Kier alpha value is -2.18. The molecule has 1 saturated heterocycles. The van der Waals surface area contributed by atoms with Crippen LogP contribution in [0.5, 0.6) is 5.75 Å². The molecule has 1 aliphatic rings. The van der Waals surface area contributed by atoms with Gasteiger partial charge in [-0.25, -0.2) is 4.98 Å². The van der Waals surface area contributed by atoms with Crippen LogP contribution in [0.15, 0.2) is 30.5 Å².